The van der Waals surface area contributed by atoms with Crippen molar-refractivity contribution < 1.29 is 4.79 Å². The summed E-state index contributed by atoms with van der Waals surface area (Å²) in [5.74, 6) is 0.550. The number of halogens is 2. The molecule has 0 saturated heterocycles. The second kappa shape index (κ2) is 6.62. The summed E-state index contributed by atoms with van der Waals surface area (Å²) >= 11 is 12.0. The van der Waals surface area contributed by atoms with Crippen molar-refractivity contribution >= 4 is 29.1 Å². The molecule has 19 heavy (non-hydrogen) atoms. The van der Waals surface area contributed by atoms with Crippen molar-refractivity contribution in [2.75, 3.05) is 0 Å². The third-order valence-electron chi connectivity index (χ3n) is 3.69. The van der Waals surface area contributed by atoms with Gasteiger partial charge in [-0.2, -0.15) is 0 Å². The van der Waals surface area contributed by atoms with Crippen molar-refractivity contribution in [3.63, 3.8) is 0 Å². The third kappa shape index (κ3) is 4.12. The number of rotatable bonds is 2. The average Bonchev–Trinajstić information content (AvgIpc) is 2.56. The molecule has 2 rings (SSSR count). The van der Waals surface area contributed by atoms with E-state index in [-0.39, 0.29) is 11.9 Å². The molecule has 4 heteroatoms. The summed E-state index contributed by atoms with van der Waals surface area (Å²) in [6.07, 6.45) is 5.78. The lowest BCUT2D eigenvalue weighted by atomic mass is 10.00. The van der Waals surface area contributed by atoms with Crippen LogP contribution in [-0.4, -0.2) is 11.9 Å². The predicted octanol–water partition coefficient (Wildman–Crippen LogP) is 4.69. The zero-order chi connectivity index (χ0) is 13.8. The van der Waals surface area contributed by atoms with Crippen molar-refractivity contribution in [1.82, 2.24) is 5.32 Å². The molecule has 0 spiro atoms. The van der Waals surface area contributed by atoms with Gasteiger partial charge in [0.05, 0.1) is 10.6 Å². The van der Waals surface area contributed by atoms with Gasteiger partial charge < -0.3 is 5.32 Å². The minimum Gasteiger partial charge on any atom is -0.349 e. The van der Waals surface area contributed by atoms with Gasteiger partial charge in [0.15, 0.2) is 0 Å². The van der Waals surface area contributed by atoms with Crippen LogP contribution in [0.15, 0.2) is 18.2 Å². The molecule has 2 atom stereocenters. The number of nitrogens with one attached hydrogen (secondary N) is 1. The van der Waals surface area contributed by atoms with Gasteiger partial charge in [0.1, 0.15) is 0 Å². The van der Waals surface area contributed by atoms with E-state index in [1.165, 1.54) is 19.3 Å². The number of amides is 1. The highest BCUT2D eigenvalue weighted by Gasteiger charge is 2.20. The van der Waals surface area contributed by atoms with E-state index in [9.17, 15) is 4.79 Å². The summed E-state index contributed by atoms with van der Waals surface area (Å²) in [7, 11) is 0. The molecule has 1 aliphatic carbocycles. The van der Waals surface area contributed by atoms with Gasteiger partial charge in [-0.05, 0) is 37.0 Å². The molecule has 1 aromatic carbocycles. The number of benzene rings is 1. The molecule has 2 unspecified atom stereocenters. The predicted molar refractivity (Wildman–Crippen MR) is 80.0 cm³/mol. The van der Waals surface area contributed by atoms with E-state index in [2.05, 4.69) is 12.2 Å². The average molecular weight is 300 g/mol. The summed E-state index contributed by atoms with van der Waals surface area (Å²) < 4.78 is 0. The fourth-order valence-corrected chi connectivity index (χ4v) is 3.05. The van der Waals surface area contributed by atoms with E-state index in [0.717, 1.165) is 12.8 Å². The molecular formula is C15H19Cl2NO. The van der Waals surface area contributed by atoms with Crippen LogP contribution in [0.1, 0.15) is 49.4 Å². The topological polar surface area (TPSA) is 29.1 Å². The van der Waals surface area contributed by atoms with Crippen LogP contribution in [0.4, 0.5) is 0 Å². The van der Waals surface area contributed by atoms with Gasteiger partial charge in [-0.3, -0.25) is 4.79 Å². The Balaban J connectivity index is 2.05. The van der Waals surface area contributed by atoms with Crippen molar-refractivity contribution in [3.8, 4) is 0 Å². The van der Waals surface area contributed by atoms with E-state index in [1.807, 2.05) is 0 Å². The summed E-state index contributed by atoms with van der Waals surface area (Å²) in [6.45, 7) is 2.25. The van der Waals surface area contributed by atoms with E-state index in [0.29, 0.717) is 21.5 Å². The van der Waals surface area contributed by atoms with Crippen LogP contribution in [0.25, 0.3) is 0 Å². The van der Waals surface area contributed by atoms with Crippen LogP contribution >= 0.6 is 23.2 Å². The summed E-state index contributed by atoms with van der Waals surface area (Å²) in [4.78, 5) is 12.3. The maximum atomic E-state index is 12.3. The molecule has 0 radical (unpaired) electrons. The fourth-order valence-electron chi connectivity index (χ4n) is 2.67. The van der Waals surface area contributed by atoms with Crippen LogP contribution in [0.5, 0.6) is 0 Å². The second-order valence-corrected chi connectivity index (χ2v) is 6.26. The van der Waals surface area contributed by atoms with Crippen molar-refractivity contribution in [2.24, 2.45) is 5.92 Å². The zero-order valence-electron chi connectivity index (χ0n) is 11.1. The summed E-state index contributed by atoms with van der Waals surface area (Å²) in [6, 6.07) is 5.22. The number of carbonyl (C=O) groups excluding carboxylic acids is 1. The largest absolute Gasteiger partial charge is 0.349 e. The van der Waals surface area contributed by atoms with Crippen LogP contribution in [-0.2, 0) is 0 Å². The van der Waals surface area contributed by atoms with E-state index in [1.54, 1.807) is 18.2 Å². The molecule has 0 bridgehead atoms. The maximum absolute atomic E-state index is 12.3. The van der Waals surface area contributed by atoms with Crippen LogP contribution < -0.4 is 5.32 Å². The highest BCUT2D eigenvalue weighted by atomic mass is 35.5. The standard InChI is InChI=1S/C15H19Cl2NO/c1-10-4-2-3-5-12(8-10)18-15(19)13-9-11(16)6-7-14(13)17/h6-7,9-10,12H,2-5,8H2,1H3,(H,18,19). The lowest BCUT2D eigenvalue weighted by Crippen LogP contribution is -2.35. The third-order valence-corrected chi connectivity index (χ3v) is 4.26. The molecule has 1 fully saturated rings. The molecule has 1 aliphatic rings. The summed E-state index contributed by atoms with van der Waals surface area (Å²) in [5.41, 5.74) is 0.464. The molecule has 1 N–H and O–H groups in total. The molecule has 104 valence electrons. The monoisotopic (exact) mass is 299 g/mol. The lowest BCUT2D eigenvalue weighted by Gasteiger charge is -2.19. The SMILES string of the molecule is CC1CCCCC(NC(=O)c2cc(Cl)ccc2Cl)C1. The van der Waals surface area contributed by atoms with Gasteiger partial charge >= 0.3 is 0 Å². The molecule has 0 aromatic heterocycles. The van der Waals surface area contributed by atoms with Crippen LogP contribution in [0.2, 0.25) is 10.0 Å². The van der Waals surface area contributed by atoms with Gasteiger partial charge in [0, 0.05) is 11.1 Å². The van der Waals surface area contributed by atoms with E-state index in [4.69, 9.17) is 23.2 Å². The first-order chi connectivity index (χ1) is 9.06. The highest BCUT2D eigenvalue weighted by Crippen LogP contribution is 2.24. The van der Waals surface area contributed by atoms with Gasteiger partial charge in [0.25, 0.3) is 5.91 Å². The first-order valence-corrected chi connectivity index (χ1v) is 7.58. The quantitative estimate of drug-likeness (QED) is 0.789. The van der Waals surface area contributed by atoms with Crippen LogP contribution in [0, 0.1) is 5.92 Å². The number of hydrogen-bond acceptors (Lipinski definition) is 1. The Kier molecular flexibility index (Phi) is 5.12. The minimum atomic E-state index is -0.119. The van der Waals surface area contributed by atoms with Gasteiger partial charge in [-0.25, -0.2) is 0 Å². The van der Waals surface area contributed by atoms with Gasteiger partial charge in [-0.1, -0.05) is 49.4 Å². The van der Waals surface area contributed by atoms with Crippen LogP contribution in [0.3, 0.4) is 0 Å². The fraction of sp³-hybridized carbons (Fsp3) is 0.533. The molecule has 1 saturated carbocycles. The molecule has 0 aliphatic heterocycles. The second-order valence-electron chi connectivity index (χ2n) is 5.42. The normalized spacial score (nSPS) is 23.7. The van der Waals surface area contributed by atoms with Crippen molar-refractivity contribution in [2.45, 2.75) is 45.1 Å². The van der Waals surface area contributed by atoms with Crippen molar-refractivity contribution in [1.29, 1.82) is 0 Å². The zero-order valence-corrected chi connectivity index (χ0v) is 12.6. The number of carbonyl (C=O) groups is 1. The van der Waals surface area contributed by atoms with Gasteiger partial charge in [-0.15, -0.1) is 0 Å². The Morgan fingerprint density at radius 2 is 2.00 bits per heavy atom. The maximum Gasteiger partial charge on any atom is 0.253 e. The Morgan fingerprint density at radius 1 is 1.26 bits per heavy atom. The smallest absolute Gasteiger partial charge is 0.253 e. The Morgan fingerprint density at radius 3 is 2.79 bits per heavy atom. The first-order valence-electron chi connectivity index (χ1n) is 6.82. The number of hydrogen-bond donors (Lipinski definition) is 1. The van der Waals surface area contributed by atoms with Crippen molar-refractivity contribution in [3.05, 3.63) is 33.8 Å². The van der Waals surface area contributed by atoms with E-state index >= 15 is 0 Å². The Hall–Kier alpha value is -0.730. The summed E-state index contributed by atoms with van der Waals surface area (Å²) in [5, 5.41) is 4.07. The Labute approximate surface area is 124 Å². The highest BCUT2D eigenvalue weighted by molar-refractivity contribution is 6.35. The molecule has 1 amide bonds. The molecule has 1 aromatic rings. The van der Waals surface area contributed by atoms with E-state index < -0.39 is 0 Å². The molecule has 0 heterocycles. The molecular weight excluding hydrogens is 281 g/mol. The molecule has 2 nitrogen and oxygen atoms in total. The Bertz CT molecular complexity index is 461. The van der Waals surface area contributed by atoms with Gasteiger partial charge in [0.2, 0.25) is 0 Å². The lowest BCUT2D eigenvalue weighted by molar-refractivity contribution is 0.0931. The first kappa shape index (κ1) is 14.7. The minimum absolute atomic E-state index is 0.119.